The van der Waals surface area contributed by atoms with Crippen LogP contribution in [-0.2, 0) is 11.2 Å². The largest absolute Gasteiger partial charge is 0.469 e. The summed E-state index contributed by atoms with van der Waals surface area (Å²) in [7, 11) is 0. The maximum absolute atomic E-state index is 11.7. The van der Waals surface area contributed by atoms with E-state index in [1.807, 2.05) is 25.1 Å². The van der Waals surface area contributed by atoms with E-state index in [1.165, 1.54) is 0 Å². The number of hydrogen-bond acceptors (Lipinski definition) is 3. The minimum atomic E-state index is -0.0319. The number of carbonyl (C=O) groups is 1. The highest BCUT2D eigenvalue weighted by Crippen LogP contribution is 2.16. The second-order valence-electron chi connectivity index (χ2n) is 4.20. The molecule has 0 spiro atoms. The van der Waals surface area contributed by atoms with Crippen LogP contribution in [0.4, 0.5) is 11.4 Å². The molecule has 3 N–H and O–H groups in total. The molecule has 0 bridgehead atoms. The molecule has 4 nitrogen and oxygen atoms in total. The third-order valence-corrected chi connectivity index (χ3v) is 2.73. The fraction of sp³-hybridized carbons (Fsp3) is 0.214. The summed E-state index contributed by atoms with van der Waals surface area (Å²) < 4.78 is 5.17. The number of furan rings is 1. The predicted molar refractivity (Wildman–Crippen MR) is 71.3 cm³/mol. The molecule has 4 heteroatoms. The van der Waals surface area contributed by atoms with Gasteiger partial charge in [-0.1, -0.05) is 0 Å². The van der Waals surface area contributed by atoms with Gasteiger partial charge in [0, 0.05) is 24.2 Å². The molecule has 0 unspecified atom stereocenters. The minimum absolute atomic E-state index is 0.0319. The van der Waals surface area contributed by atoms with Gasteiger partial charge in [0.25, 0.3) is 0 Å². The summed E-state index contributed by atoms with van der Waals surface area (Å²) in [5.74, 6) is 0.786. The van der Waals surface area contributed by atoms with Gasteiger partial charge in [-0.3, -0.25) is 4.79 Å². The number of nitrogens with two attached hydrogens (primary N) is 1. The Hall–Kier alpha value is -2.23. The molecule has 1 amide bonds. The number of rotatable bonds is 4. The standard InChI is InChI=1S/C14H16N2O2/c1-10-9-11(4-6-13(10)15)16-14(17)7-5-12-3-2-8-18-12/h2-4,6,8-9H,5,7,15H2,1H3,(H,16,17). The Labute approximate surface area is 106 Å². The Morgan fingerprint density at radius 1 is 1.39 bits per heavy atom. The molecule has 0 aliphatic carbocycles. The monoisotopic (exact) mass is 244 g/mol. The molecule has 0 radical (unpaired) electrons. The molecule has 2 rings (SSSR count). The van der Waals surface area contributed by atoms with Crippen molar-refractivity contribution in [3.63, 3.8) is 0 Å². The molecule has 0 aliphatic heterocycles. The zero-order valence-corrected chi connectivity index (χ0v) is 10.3. The van der Waals surface area contributed by atoms with E-state index in [4.69, 9.17) is 10.2 Å². The van der Waals surface area contributed by atoms with Gasteiger partial charge < -0.3 is 15.5 Å². The van der Waals surface area contributed by atoms with Crippen molar-refractivity contribution in [2.45, 2.75) is 19.8 Å². The smallest absolute Gasteiger partial charge is 0.224 e. The van der Waals surface area contributed by atoms with Crippen LogP contribution in [0.25, 0.3) is 0 Å². The topological polar surface area (TPSA) is 68.3 Å². The molecule has 1 aromatic carbocycles. The lowest BCUT2D eigenvalue weighted by Crippen LogP contribution is -2.12. The van der Waals surface area contributed by atoms with Gasteiger partial charge in [-0.05, 0) is 42.8 Å². The van der Waals surface area contributed by atoms with Crippen LogP contribution < -0.4 is 11.1 Å². The fourth-order valence-electron chi connectivity index (χ4n) is 1.67. The first-order chi connectivity index (χ1) is 8.65. The van der Waals surface area contributed by atoms with E-state index in [0.717, 1.165) is 22.7 Å². The zero-order chi connectivity index (χ0) is 13.0. The van der Waals surface area contributed by atoms with Crippen molar-refractivity contribution in [1.82, 2.24) is 0 Å². The molecule has 94 valence electrons. The van der Waals surface area contributed by atoms with E-state index >= 15 is 0 Å². The number of hydrogen-bond donors (Lipinski definition) is 2. The highest BCUT2D eigenvalue weighted by molar-refractivity contribution is 5.91. The molecule has 18 heavy (non-hydrogen) atoms. The first-order valence-electron chi connectivity index (χ1n) is 5.83. The average Bonchev–Trinajstić information content (AvgIpc) is 2.84. The van der Waals surface area contributed by atoms with Crippen LogP contribution in [0.3, 0.4) is 0 Å². The highest BCUT2D eigenvalue weighted by Gasteiger charge is 2.05. The van der Waals surface area contributed by atoms with Crippen LogP contribution in [0, 0.1) is 6.92 Å². The first-order valence-corrected chi connectivity index (χ1v) is 5.83. The van der Waals surface area contributed by atoms with Crippen LogP contribution in [0.5, 0.6) is 0 Å². The Morgan fingerprint density at radius 3 is 2.89 bits per heavy atom. The molecule has 0 aliphatic rings. The van der Waals surface area contributed by atoms with Crippen molar-refractivity contribution >= 4 is 17.3 Å². The molecule has 0 atom stereocenters. The molecule has 1 heterocycles. The lowest BCUT2D eigenvalue weighted by atomic mass is 10.2. The predicted octanol–water partition coefficient (Wildman–Crippen LogP) is 2.74. The number of nitrogen functional groups attached to an aromatic ring is 1. The van der Waals surface area contributed by atoms with Crippen molar-refractivity contribution in [3.8, 4) is 0 Å². The van der Waals surface area contributed by atoms with Gasteiger partial charge in [-0.15, -0.1) is 0 Å². The van der Waals surface area contributed by atoms with Crippen molar-refractivity contribution in [3.05, 3.63) is 47.9 Å². The molecular formula is C14H16N2O2. The number of carbonyl (C=O) groups excluding carboxylic acids is 1. The maximum Gasteiger partial charge on any atom is 0.224 e. The average molecular weight is 244 g/mol. The summed E-state index contributed by atoms with van der Waals surface area (Å²) in [5, 5.41) is 2.84. The number of nitrogens with one attached hydrogen (secondary N) is 1. The third kappa shape index (κ3) is 3.13. The fourth-order valence-corrected chi connectivity index (χ4v) is 1.67. The second kappa shape index (κ2) is 5.40. The Balaban J connectivity index is 1.88. The van der Waals surface area contributed by atoms with Gasteiger partial charge in [-0.25, -0.2) is 0 Å². The summed E-state index contributed by atoms with van der Waals surface area (Å²) in [6.07, 6.45) is 2.61. The lowest BCUT2D eigenvalue weighted by molar-refractivity contribution is -0.116. The summed E-state index contributed by atoms with van der Waals surface area (Å²) in [6, 6.07) is 9.13. The molecule has 0 saturated carbocycles. The summed E-state index contributed by atoms with van der Waals surface area (Å²) in [4.78, 5) is 11.7. The molecule has 2 aromatic rings. The number of anilines is 2. The van der Waals surface area contributed by atoms with Gasteiger partial charge >= 0.3 is 0 Å². The highest BCUT2D eigenvalue weighted by atomic mass is 16.3. The number of benzene rings is 1. The van der Waals surface area contributed by atoms with Gasteiger partial charge in [-0.2, -0.15) is 0 Å². The van der Waals surface area contributed by atoms with Crippen molar-refractivity contribution < 1.29 is 9.21 Å². The van der Waals surface area contributed by atoms with Crippen LogP contribution in [0.15, 0.2) is 41.0 Å². The summed E-state index contributed by atoms with van der Waals surface area (Å²) in [6.45, 7) is 1.91. The lowest BCUT2D eigenvalue weighted by Gasteiger charge is -2.07. The van der Waals surface area contributed by atoms with Gasteiger partial charge in [0.05, 0.1) is 6.26 Å². The van der Waals surface area contributed by atoms with E-state index in [1.54, 1.807) is 18.4 Å². The third-order valence-electron chi connectivity index (χ3n) is 2.73. The second-order valence-corrected chi connectivity index (χ2v) is 4.20. The summed E-state index contributed by atoms with van der Waals surface area (Å²) in [5.41, 5.74) is 8.17. The Kier molecular flexibility index (Phi) is 3.67. The van der Waals surface area contributed by atoms with Crippen LogP contribution in [0.1, 0.15) is 17.7 Å². The molecule has 0 fully saturated rings. The molecule has 0 saturated heterocycles. The van der Waals surface area contributed by atoms with E-state index in [9.17, 15) is 4.79 Å². The van der Waals surface area contributed by atoms with Gasteiger partial charge in [0.15, 0.2) is 0 Å². The minimum Gasteiger partial charge on any atom is -0.469 e. The van der Waals surface area contributed by atoms with Crippen molar-refractivity contribution in [1.29, 1.82) is 0 Å². The number of aryl methyl sites for hydroxylation is 2. The van der Waals surface area contributed by atoms with Crippen LogP contribution in [-0.4, -0.2) is 5.91 Å². The quantitative estimate of drug-likeness (QED) is 0.812. The van der Waals surface area contributed by atoms with Gasteiger partial charge in [0.2, 0.25) is 5.91 Å². The first kappa shape index (κ1) is 12.2. The van der Waals surface area contributed by atoms with E-state index in [2.05, 4.69) is 5.32 Å². The van der Waals surface area contributed by atoms with Crippen molar-refractivity contribution in [2.24, 2.45) is 0 Å². The van der Waals surface area contributed by atoms with Gasteiger partial charge in [0.1, 0.15) is 5.76 Å². The Morgan fingerprint density at radius 2 is 2.22 bits per heavy atom. The number of amides is 1. The maximum atomic E-state index is 11.7. The van der Waals surface area contributed by atoms with E-state index < -0.39 is 0 Å². The summed E-state index contributed by atoms with van der Waals surface area (Å²) >= 11 is 0. The molecule has 1 aromatic heterocycles. The van der Waals surface area contributed by atoms with E-state index in [0.29, 0.717) is 12.8 Å². The SMILES string of the molecule is Cc1cc(NC(=O)CCc2ccco2)ccc1N. The zero-order valence-electron chi connectivity index (χ0n) is 10.3. The van der Waals surface area contributed by atoms with E-state index in [-0.39, 0.29) is 5.91 Å². The van der Waals surface area contributed by atoms with Crippen molar-refractivity contribution in [2.75, 3.05) is 11.1 Å². The van der Waals surface area contributed by atoms with Crippen LogP contribution in [0.2, 0.25) is 0 Å². The normalized spacial score (nSPS) is 10.3. The molecular weight excluding hydrogens is 228 g/mol. The Bertz CT molecular complexity index is 533. The van der Waals surface area contributed by atoms with Crippen LogP contribution >= 0.6 is 0 Å².